The van der Waals surface area contributed by atoms with E-state index in [4.69, 9.17) is 4.74 Å². The van der Waals surface area contributed by atoms with Crippen molar-refractivity contribution in [1.29, 1.82) is 0 Å². The minimum atomic E-state index is -0.206. The van der Waals surface area contributed by atoms with Gasteiger partial charge in [-0.2, -0.15) is 0 Å². The number of methoxy groups -OCH3 is 1. The maximum absolute atomic E-state index is 11.5. The molecule has 0 radical (unpaired) electrons. The van der Waals surface area contributed by atoms with Gasteiger partial charge in [0.15, 0.2) is 0 Å². The Hall–Kier alpha value is -1.17. The Kier molecular flexibility index (Phi) is 5.76. The molecule has 2 rings (SSSR count). The van der Waals surface area contributed by atoms with Crippen LogP contribution in [0.4, 0.5) is 0 Å². The van der Waals surface area contributed by atoms with Gasteiger partial charge in [0.2, 0.25) is 0 Å². The third kappa shape index (κ3) is 4.16. The number of carbonyl (C=O) groups is 1. The average molecular weight is 354 g/mol. The molecule has 3 nitrogen and oxygen atoms in total. The number of carbonyl (C=O) groups excluding carboxylic acids is 1. The van der Waals surface area contributed by atoms with E-state index in [2.05, 4.69) is 27.3 Å². The first kappa shape index (κ1) is 15.2. The van der Waals surface area contributed by atoms with Crippen molar-refractivity contribution in [2.24, 2.45) is 0 Å². The summed E-state index contributed by atoms with van der Waals surface area (Å²) in [5.74, 6) is -0.206. The summed E-state index contributed by atoms with van der Waals surface area (Å²) in [6, 6.07) is 12.1. The molecule has 1 aromatic heterocycles. The summed E-state index contributed by atoms with van der Waals surface area (Å²) in [6.45, 7) is 0.695. The summed E-state index contributed by atoms with van der Waals surface area (Å²) < 4.78 is 5.84. The maximum atomic E-state index is 11.5. The number of rotatable bonds is 6. The molecule has 106 valence electrons. The molecule has 1 unspecified atom stereocenters. The van der Waals surface area contributed by atoms with Crippen molar-refractivity contribution in [2.75, 3.05) is 7.11 Å². The molecule has 0 saturated heterocycles. The first-order chi connectivity index (χ1) is 9.70. The van der Waals surface area contributed by atoms with Crippen LogP contribution in [0.1, 0.15) is 22.9 Å². The molecule has 0 spiro atoms. The number of benzene rings is 1. The van der Waals surface area contributed by atoms with Crippen molar-refractivity contribution in [3.63, 3.8) is 0 Å². The van der Waals surface area contributed by atoms with Crippen LogP contribution in [-0.4, -0.2) is 13.1 Å². The summed E-state index contributed by atoms with van der Waals surface area (Å²) >= 11 is 5.17. The predicted molar refractivity (Wildman–Crippen MR) is 84.7 cm³/mol. The van der Waals surface area contributed by atoms with Gasteiger partial charge in [0, 0.05) is 15.9 Å². The zero-order valence-electron chi connectivity index (χ0n) is 11.1. The fourth-order valence-corrected chi connectivity index (χ4v) is 3.12. The molecule has 0 fully saturated rings. The second kappa shape index (κ2) is 7.57. The smallest absolute Gasteiger partial charge is 0.307 e. The van der Waals surface area contributed by atoms with Gasteiger partial charge < -0.3 is 10.1 Å². The molecule has 1 atom stereocenters. The second-order valence-electron chi connectivity index (χ2n) is 4.32. The molecule has 1 aromatic carbocycles. The molecule has 1 N–H and O–H groups in total. The van der Waals surface area contributed by atoms with Gasteiger partial charge in [-0.1, -0.05) is 40.2 Å². The van der Waals surface area contributed by atoms with E-state index in [9.17, 15) is 4.79 Å². The van der Waals surface area contributed by atoms with Gasteiger partial charge in [-0.15, -0.1) is 11.3 Å². The summed E-state index contributed by atoms with van der Waals surface area (Å²) in [4.78, 5) is 12.7. The largest absolute Gasteiger partial charge is 0.469 e. The van der Waals surface area contributed by atoms with Crippen LogP contribution in [0.2, 0.25) is 0 Å². The maximum Gasteiger partial charge on any atom is 0.307 e. The number of ether oxygens (including phenoxy) is 1. The van der Waals surface area contributed by atoms with Crippen molar-refractivity contribution < 1.29 is 9.53 Å². The Morgan fingerprint density at radius 1 is 1.35 bits per heavy atom. The van der Waals surface area contributed by atoms with E-state index >= 15 is 0 Å². The van der Waals surface area contributed by atoms with Gasteiger partial charge >= 0.3 is 5.97 Å². The topological polar surface area (TPSA) is 38.3 Å². The standard InChI is InChI=1S/C15H16BrNO2S/c1-19-15(18)9-13(14-7-4-8-20-14)17-10-11-5-2-3-6-12(11)16/h2-8,13,17H,9-10H2,1H3. The summed E-state index contributed by atoms with van der Waals surface area (Å²) in [5.41, 5.74) is 1.17. The molecular weight excluding hydrogens is 338 g/mol. The highest BCUT2D eigenvalue weighted by molar-refractivity contribution is 9.10. The highest BCUT2D eigenvalue weighted by Crippen LogP contribution is 2.24. The van der Waals surface area contributed by atoms with Gasteiger partial charge in [0.1, 0.15) is 0 Å². The Morgan fingerprint density at radius 3 is 2.80 bits per heavy atom. The fourth-order valence-electron chi connectivity index (χ4n) is 1.89. The van der Waals surface area contributed by atoms with Crippen LogP contribution in [-0.2, 0) is 16.1 Å². The molecule has 0 aliphatic rings. The quantitative estimate of drug-likeness (QED) is 0.800. The first-order valence-electron chi connectivity index (χ1n) is 6.27. The third-order valence-corrected chi connectivity index (χ3v) is 4.74. The Bertz CT molecular complexity index is 557. The molecule has 0 aliphatic heterocycles. The van der Waals surface area contributed by atoms with Gasteiger partial charge in [-0.3, -0.25) is 4.79 Å². The Labute approximate surface area is 131 Å². The number of nitrogens with one attached hydrogen (secondary N) is 1. The van der Waals surface area contributed by atoms with Crippen LogP contribution in [0.15, 0.2) is 46.3 Å². The minimum absolute atomic E-state index is 0.0189. The highest BCUT2D eigenvalue weighted by atomic mass is 79.9. The number of halogens is 1. The van der Waals surface area contributed by atoms with Gasteiger partial charge in [-0.05, 0) is 23.1 Å². The molecule has 0 saturated carbocycles. The van der Waals surface area contributed by atoms with E-state index < -0.39 is 0 Å². The lowest BCUT2D eigenvalue weighted by molar-refractivity contribution is -0.141. The Balaban J connectivity index is 2.05. The van der Waals surface area contributed by atoms with Crippen LogP contribution in [0, 0.1) is 0 Å². The van der Waals surface area contributed by atoms with Crippen molar-refractivity contribution in [3.05, 3.63) is 56.7 Å². The molecule has 5 heteroatoms. The molecule has 20 heavy (non-hydrogen) atoms. The lowest BCUT2D eigenvalue weighted by Gasteiger charge is -2.17. The first-order valence-corrected chi connectivity index (χ1v) is 7.95. The summed E-state index contributed by atoms with van der Waals surface area (Å²) in [7, 11) is 1.42. The van der Waals surface area contributed by atoms with E-state index in [0.29, 0.717) is 13.0 Å². The molecule has 1 heterocycles. The summed E-state index contributed by atoms with van der Waals surface area (Å²) in [5, 5.41) is 5.44. The zero-order chi connectivity index (χ0) is 14.4. The molecule has 0 amide bonds. The number of hydrogen-bond donors (Lipinski definition) is 1. The minimum Gasteiger partial charge on any atom is -0.469 e. The van der Waals surface area contributed by atoms with Gasteiger partial charge in [0.05, 0.1) is 19.6 Å². The van der Waals surface area contributed by atoms with E-state index in [1.807, 2.05) is 35.7 Å². The van der Waals surface area contributed by atoms with Gasteiger partial charge in [0.25, 0.3) is 0 Å². The average Bonchev–Trinajstić information content (AvgIpc) is 2.98. The Morgan fingerprint density at radius 2 is 2.15 bits per heavy atom. The van der Waals surface area contributed by atoms with E-state index in [-0.39, 0.29) is 12.0 Å². The normalized spacial score (nSPS) is 12.1. The van der Waals surface area contributed by atoms with Crippen LogP contribution < -0.4 is 5.32 Å². The number of esters is 1. The van der Waals surface area contributed by atoms with Crippen molar-refractivity contribution in [1.82, 2.24) is 5.32 Å². The monoisotopic (exact) mass is 353 g/mol. The van der Waals surface area contributed by atoms with E-state index in [1.165, 1.54) is 12.7 Å². The molecule has 0 bridgehead atoms. The SMILES string of the molecule is COC(=O)CC(NCc1ccccc1Br)c1cccs1. The summed E-state index contributed by atoms with van der Waals surface area (Å²) in [6.07, 6.45) is 0.335. The van der Waals surface area contributed by atoms with E-state index in [1.54, 1.807) is 11.3 Å². The predicted octanol–water partition coefficient (Wildman–Crippen LogP) is 3.90. The lowest BCUT2D eigenvalue weighted by atomic mass is 10.1. The zero-order valence-corrected chi connectivity index (χ0v) is 13.5. The van der Waals surface area contributed by atoms with Crippen LogP contribution in [0.25, 0.3) is 0 Å². The second-order valence-corrected chi connectivity index (χ2v) is 6.15. The fraction of sp³-hybridized carbons (Fsp3) is 0.267. The van der Waals surface area contributed by atoms with Crippen LogP contribution in [0.3, 0.4) is 0 Å². The third-order valence-electron chi connectivity index (χ3n) is 2.98. The number of hydrogen-bond acceptors (Lipinski definition) is 4. The molecule has 0 aliphatic carbocycles. The molecular formula is C15H16BrNO2S. The van der Waals surface area contributed by atoms with E-state index in [0.717, 1.165) is 9.35 Å². The van der Waals surface area contributed by atoms with Gasteiger partial charge in [-0.25, -0.2) is 0 Å². The highest BCUT2D eigenvalue weighted by Gasteiger charge is 2.17. The van der Waals surface area contributed by atoms with Crippen molar-refractivity contribution in [3.8, 4) is 0 Å². The number of thiophene rings is 1. The lowest BCUT2D eigenvalue weighted by Crippen LogP contribution is -2.23. The van der Waals surface area contributed by atoms with Crippen LogP contribution in [0.5, 0.6) is 0 Å². The van der Waals surface area contributed by atoms with Crippen LogP contribution >= 0.6 is 27.3 Å². The van der Waals surface area contributed by atoms with Crippen molar-refractivity contribution >= 4 is 33.2 Å². The van der Waals surface area contributed by atoms with Crippen molar-refractivity contribution in [2.45, 2.75) is 19.0 Å². The molecule has 2 aromatic rings.